The van der Waals surface area contributed by atoms with Crippen molar-refractivity contribution in [2.24, 2.45) is 11.5 Å². The SMILES string of the molecule is C#CCN.C=C(N)Cc1ccc2c(c1)CCC2. The van der Waals surface area contributed by atoms with Crippen LogP contribution < -0.4 is 11.5 Å². The molecule has 0 saturated carbocycles. The molecule has 0 heterocycles. The van der Waals surface area contributed by atoms with Crippen molar-refractivity contribution in [2.45, 2.75) is 25.7 Å². The van der Waals surface area contributed by atoms with Crippen LogP contribution in [-0.4, -0.2) is 6.54 Å². The molecule has 0 radical (unpaired) electrons. The van der Waals surface area contributed by atoms with Gasteiger partial charge in [0.1, 0.15) is 0 Å². The second kappa shape index (κ2) is 6.78. The number of terminal acetylenes is 1. The van der Waals surface area contributed by atoms with E-state index in [1.165, 1.54) is 36.0 Å². The molecule has 0 spiro atoms. The van der Waals surface area contributed by atoms with E-state index < -0.39 is 0 Å². The summed E-state index contributed by atoms with van der Waals surface area (Å²) in [6.07, 6.45) is 9.26. The van der Waals surface area contributed by atoms with Crippen LogP contribution in [0.15, 0.2) is 30.5 Å². The lowest BCUT2D eigenvalue weighted by Gasteiger charge is -2.04. The summed E-state index contributed by atoms with van der Waals surface area (Å²) in [6.45, 7) is 4.07. The maximum Gasteiger partial charge on any atom is 0.0548 e. The van der Waals surface area contributed by atoms with Gasteiger partial charge in [-0.05, 0) is 36.0 Å². The van der Waals surface area contributed by atoms with Crippen LogP contribution in [-0.2, 0) is 19.3 Å². The molecule has 2 heteroatoms. The Kier molecular flexibility index (Phi) is 5.32. The molecule has 0 saturated heterocycles. The lowest BCUT2D eigenvalue weighted by atomic mass is 10.0. The van der Waals surface area contributed by atoms with Crippen LogP contribution >= 0.6 is 0 Å². The normalized spacial score (nSPS) is 12.0. The van der Waals surface area contributed by atoms with Gasteiger partial charge in [-0.3, -0.25) is 0 Å². The number of allylic oxidation sites excluding steroid dienone is 1. The largest absolute Gasteiger partial charge is 0.402 e. The highest BCUT2D eigenvalue weighted by Crippen LogP contribution is 2.23. The van der Waals surface area contributed by atoms with Gasteiger partial charge in [-0.25, -0.2) is 0 Å². The highest BCUT2D eigenvalue weighted by molar-refractivity contribution is 5.36. The lowest BCUT2D eigenvalue weighted by Crippen LogP contribution is -1.99. The van der Waals surface area contributed by atoms with E-state index in [0.717, 1.165) is 12.1 Å². The zero-order chi connectivity index (χ0) is 12.7. The molecule has 0 amide bonds. The van der Waals surface area contributed by atoms with Gasteiger partial charge in [0, 0.05) is 12.1 Å². The van der Waals surface area contributed by atoms with E-state index in [1.54, 1.807) is 0 Å². The Bertz CT molecular complexity index is 427. The smallest absolute Gasteiger partial charge is 0.0548 e. The first-order valence-corrected chi connectivity index (χ1v) is 5.84. The number of nitrogens with two attached hydrogens (primary N) is 2. The summed E-state index contributed by atoms with van der Waals surface area (Å²) in [5.41, 5.74) is 15.4. The minimum atomic E-state index is 0.347. The van der Waals surface area contributed by atoms with Crippen molar-refractivity contribution >= 4 is 0 Å². The standard InChI is InChI=1S/C12H15N.C3H5N/c1-9(13)7-10-5-6-11-3-2-4-12(11)8-10;1-2-3-4/h5-6,8H,1-4,7,13H2;1H,3-4H2. The van der Waals surface area contributed by atoms with Gasteiger partial charge >= 0.3 is 0 Å². The van der Waals surface area contributed by atoms with E-state index in [9.17, 15) is 0 Å². The number of benzene rings is 1. The second-order valence-electron chi connectivity index (χ2n) is 4.20. The molecule has 4 N–H and O–H groups in total. The van der Waals surface area contributed by atoms with Crippen molar-refractivity contribution in [1.29, 1.82) is 0 Å². The second-order valence-corrected chi connectivity index (χ2v) is 4.20. The van der Waals surface area contributed by atoms with Gasteiger partial charge in [0.2, 0.25) is 0 Å². The van der Waals surface area contributed by atoms with Crippen molar-refractivity contribution in [3.8, 4) is 12.3 Å². The number of aryl methyl sites for hydroxylation is 2. The summed E-state index contributed by atoms with van der Waals surface area (Å²) >= 11 is 0. The van der Waals surface area contributed by atoms with E-state index in [1.807, 2.05) is 0 Å². The molecule has 17 heavy (non-hydrogen) atoms. The third-order valence-electron chi connectivity index (χ3n) is 2.71. The van der Waals surface area contributed by atoms with Crippen molar-refractivity contribution in [2.75, 3.05) is 6.54 Å². The van der Waals surface area contributed by atoms with Crippen LogP contribution in [0.5, 0.6) is 0 Å². The Morgan fingerprint density at radius 3 is 2.59 bits per heavy atom. The van der Waals surface area contributed by atoms with E-state index >= 15 is 0 Å². The lowest BCUT2D eigenvalue weighted by molar-refractivity contribution is 0.911. The van der Waals surface area contributed by atoms with E-state index in [-0.39, 0.29) is 0 Å². The molecule has 1 aromatic rings. The maximum atomic E-state index is 5.58. The highest BCUT2D eigenvalue weighted by Gasteiger charge is 2.10. The first kappa shape index (κ1) is 13.3. The Hall–Kier alpha value is -1.72. The minimum Gasteiger partial charge on any atom is -0.402 e. The summed E-state index contributed by atoms with van der Waals surface area (Å²) < 4.78 is 0. The molecule has 0 atom stereocenters. The van der Waals surface area contributed by atoms with Crippen LogP contribution in [0.25, 0.3) is 0 Å². The van der Waals surface area contributed by atoms with Crippen LogP contribution in [0.2, 0.25) is 0 Å². The van der Waals surface area contributed by atoms with E-state index in [2.05, 4.69) is 37.1 Å². The van der Waals surface area contributed by atoms with Gasteiger partial charge in [-0.15, -0.1) is 6.42 Å². The predicted molar refractivity (Wildman–Crippen MR) is 73.4 cm³/mol. The molecule has 0 aliphatic heterocycles. The summed E-state index contributed by atoms with van der Waals surface area (Å²) in [5, 5.41) is 0. The Balaban J connectivity index is 0.000000317. The predicted octanol–water partition coefficient (Wildman–Crippen LogP) is 1.77. The molecule has 2 rings (SSSR count). The molecular formula is C15H20N2. The molecule has 1 aliphatic carbocycles. The first-order chi connectivity index (χ1) is 8.17. The molecule has 0 bridgehead atoms. The molecule has 90 valence electrons. The van der Waals surface area contributed by atoms with Crippen LogP contribution in [0, 0.1) is 12.3 Å². The fraction of sp³-hybridized carbons (Fsp3) is 0.333. The number of hydrogen-bond donors (Lipinski definition) is 2. The van der Waals surface area contributed by atoms with Crippen LogP contribution in [0.3, 0.4) is 0 Å². The third kappa shape index (κ3) is 4.34. The summed E-state index contributed by atoms with van der Waals surface area (Å²) in [6, 6.07) is 6.68. The zero-order valence-electron chi connectivity index (χ0n) is 10.2. The Morgan fingerprint density at radius 1 is 1.35 bits per heavy atom. The van der Waals surface area contributed by atoms with Gasteiger partial charge in [0.25, 0.3) is 0 Å². The molecule has 1 aliphatic rings. The Morgan fingerprint density at radius 2 is 2.00 bits per heavy atom. The highest BCUT2D eigenvalue weighted by atomic mass is 14.6. The fourth-order valence-electron chi connectivity index (χ4n) is 2.00. The zero-order valence-corrected chi connectivity index (χ0v) is 10.2. The molecule has 0 aromatic heterocycles. The van der Waals surface area contributed by atoms with Crippen molar-refractivity contribution in [3.05, 3.63) is 47.2 Å². The van der Waals surface area contributed by atoms with Gasteiger partial charge in [0.05, 0.1) is 6.54 Å². The minimum absolute atomic E-state index is 0.347. The van der Waals surface area contributed by atoms with E-state index in [4.69, 9.17) is 11.5 Å². The topological polar surface area (TPSA) is 52.0 Å². The molecule has 0 fully saturated rings. The molecule has 1 aromatic carbocycles. The number of hydrogen-bond acceptors (Lipinski definition) is 2. The molecule has 2 nitrogen and oxygen atoms in total. The summed E-state index contributed by atoms with van der Waals surface area (Å²) in [4.78, 5) is 0. The van der Waals surface area contributed by atoms with Crippen molar-refractivity contribution in [3.63, 3.8) is 0 Å². The van der Waals surface area contributed by atoms with Crippen molar-refractivity contribution in [1.82, 2.24) is 0 Å². The molecule has 0 unspecified atom stereocenters. The summed E-state index contributed by atoms with van der Waals surface area (Å²) in [7, 11) is 0. The van der Waals surface area contributed by atoms with Crippen molar-refractivity contribution < 1.29 is 0 Å². The molecular weight excluding hydrogens is 208 g/mol. The first-order valence-electron chi connectivity index (χ1n) is 5.84. The average Bonchev–Trinajstić information content (AvgIpc) is 2.76. The number of rotatable bonds is 2. The fourth-order valence-corrected chi connectivity index (χ4v) is 2.00. The van der Waals surface area contributed by atoms with Gasteiger partial charge in [-0.1, -0.05) is 30.7 Å². The quantitative estimate of drug-likeness (QED) is 0.758. The average molecular weight is 228 g/mol. The van der Waals surface area contributed by atoms with E-state index in [0.29, 0.717) is 6.54 Å². The van der Waals surface area contributed by atoms with Gasteiger partial charge in [-0.2, -0.15) is 0 Å². The number of fused-ring (bicyclic) bond motifs is 1. The van der Waals surface area contributed by atoms with Gasteiger partial charge < -0.3 is 11.5 Å². The van der Waals surface area contributed by atoms with Crippen LogP contribution in [0.1, 0.15) is 23.1 Å². The summed E-state index contributed by atoms with van der Waals surface area (Å²) in [5.74, 6) is 2.21. The maximum absolute atomic E-state index is 5.58. The third-order valence-corrected chi connectivity index (χ3v) is 2.71. The van der Waals surface area contributed by atoms with Gasteiger partial charge in [0.15, 0.2) is 0 Å². The monoisotopic (exact) mass is 228 g/mol. The van der Waals surface area contributed by atoms with Crippen LogP contribution in [0.4, 0.5) is 0 Å². The Labute approximate surface area is 104 Å².